The summed E-state index contributed by atoms with van der Waals surface area (Å²) in [5.74, 6) is 0.377. The number of hydrogen-bond donors (Lipinski definition) is 0. The minimum atomic E-state index is -3.94. The van der Waals surface area contributed by atoms with Crippen LogP contribution < -0.4 is 14.4 Å². The van der Waals surface area contributed by atoms with Gasteiger partial charge in [-0.2, -0.15) is 4.31 Å². The number of piperidine rings is 1. The minimum Gasteiger partial charge on any atom is -0.495 e. The van der Waals surface area contributed by atoms with Crippen LogP contribution in [0.2, 0.25) is 0 Å². The fraction of sp³-hybridized carbons (Fsp3) is 0.444. The molecule has 2 heterocycles. The molecule has 1 aromatic heterocycles. The van der Waals surface area contributed by atoms with E-state index in [1.54, 1.807) is 11.1 Å². The third-order valence-electron chi connectivity index (χ3n) is 4.43. The highest BCUT2D eigenvalue weighted by atomic mass is 32.2. The van der Waals surface area contributed by atoms with Crippen LogP contribution >= 0.6 is 0 Å². The van der Waals surface area contributed by atoms with Crippen LogP contribution in [0.5, 0.6) is 11.6 Å². The number of anilines is 1. The van der Waals surface area contributed by atoms with E-state index in [0.717, 1.165) is 12.1 Å². The van der Waals surface area contributed by atoms with Crippen LogP contribution in [0.1, 0.15) is 12.8 Å². The molecule has 0 radical (unpaired) electrons. The summed E-state index contributed by atoms with van der Waals surface area (Å²) in [6.45, 7) is 0.453. The molecule has 0 bridgehead atoms. The van der Waals surface area contributed by atoms with Crippen LogP contribution in [0.4, 0.5) is 10.2 Å². The summed E-state index contributed by atoms with van der Waals surface area (Å²) >= 11 is 0. The van der Waals surface area contributed by atoms with E-state index in [0.29, 0.717) is 31.1 Å². The number of ether oxygens (including phenoxy) is 2. The predicted molar refractivity (Wildman–Crippen MR) is 102 cm³/mol. The summed E-state index contributed by atoms with van der Waals surface area (Å²) in [7, 11) is 1.06. The molecule has 2 aromatic rings. The van der Waals surface area contributed by atoms with Crippen molar-refractivity contribution in [2.45, 2.75) is 23.8 Å². The van der Waals surface area contributed by atoms with Crippen LogP contribution in [0, 0.1) is 5.82 Å². The Kier molecular flexibility index (Phi) is 5.99. The first-order chi connectivity index (χ1) is 13.3. The molecule has 0 spiro atoms. The second-order valence-electron chi connectivity index (χ2n) is 6.62. The van der Waals surface area contributed by atoms with E-state index in [2.05, 4.69) is 9.97 Å². The second kappa shape index (κ2) is 8.27. The van der Waals surface area contributed by atoms with Crippen molar-refractivity contribution in [3.8, 4) is 11.6 Å². The van der Waals surface area contributed by atoms with Gasteiger partial charge in [0, 0.05) is 33.0 Å². The maximum Gasteiger partial charge on any atom is 0.257 e. The Morgan fingerprint density at radius 2 is 2.00 bits per heavy atom. The average molecular weight is 410 g/mol. The molecule has 0 aliphatic carbocycles. The lowest BCUT2D eigenvalue weighted by molar-refractivity contribution is 0.124. The number of methoxy groups -OCH3 is 1. The number of aromatic nitrogens is 2. The molecule has 1 aliphatic heterocycles. The quantitative estimate of drug-likeness (QED) is 0.719. The molecule has 1 fully saturated rings. The molecule has 0 N–H and O–H groups in total. The second-order valence-corrected chi connectivity index (χ2v) is 8.53. The maximum atomic E-state index is 13.7. The Morgan fingerprint density at radius 3 is 2.71 bits per heavy atom. The highest BCUT2D eigenvalue weighted by Gasteiger charge is 2.34. The van der Waals surface area contributed by atoms with E-state index in [4.69, 9.17) is 9.47 Å². The largest absolute Gasteiger partial charge is 0.495 e. The Labute approximate surface area is 164 Å². The maximum absolute atomic E-state index is 13.7. The molecule has 1 aliphatic rings. The molecule has 1 atom stereocenters. The average Bonchev–Trinajstić information content (AvgIpc) is 2.68. The van der Waals surface area contributed by atoms with Crippen molar-refractivity contribution in [3.05, 3.63) is 36.4 Å². The van der Waals surface area contributed by atoms with E-state index in [-0.39, 0.29) is 17.2 Å². The number of rotatable bonds is 6. The van der Waals surface area contributed by atoms with Gasteiger partial charge in [-0.1, -0.05) is 0 Å². The number of benzene rings is 1. The van der Waals surface area contributed by atoms with Gasteiger partial charge in [0.05, 0.1) is 13.7 Å². The van der Waals surface area contributed by atoms with Gasteiger partial charge in [-0.3, -0.25) is 0 Å². The van der Waals surface area contributed by atoms with Crippen molar-refractivity contribution in [1.82, 2.24) is 14.3 Å². The normalized spacial score (nSPS) is 17.9. The molecule has 10 heteroatoms. The Bertz CT molecular complexity index is 939. The van der Waals surface area contributed by atoms with Crippen molar-refractivity contribution in [2.24, 2.45) is 0 Å². The van der Waals surface area contributed by atoms with Gasteiger partial charge in [-0.25, -0.2) is 22.8 Å². The molecule has 1 aromatic carbocycles. The third-order valence-corrected chi connectivity index (χ3v) is 6.32. The van der Waals surface area contributed by atoms with Gasteiger partial charge in [-0.15, -0.1) is 0 Å². The lowest BCUT2D eigenvalue weighted by Crippen LogP contribution is -2.44. The Morgan fingerprint density at radius 1 is 1.25 bits per heavy atom. The number of sulfonamides is 1. The van der Waals surface area contributed by atoms with Crippen LogP contribution in [0.15, 0.2) is 35.5 Å². The lowest BCUT2D eigenvalue weighted by atomic mass is 10.1. The zero-order valence-electron chi connectivity index (χ0n) is 16.0. The zero-order valence-corrected chi connectivity index (χ0v) is 16.8. The topological polar surface area (TPSA) is 84.9 Å². The number of nitrogens with zero attached hydrogens (tertiary/aromatic N) is 4. The van der Waals surface area contributed by atoms with E-state index < -0.39 is 21.9 Å². The molecule has 1 saturated heterocycles. The molecule has 8 nitrogen and oxygen atoms in total. The van der Waals surface area contributed by atoms with E-state index in [9.17, 15) is 12.8 Å². The van der Waals surface area contributed by atoms with Gasteiger partial charge in [0.2, 0.25) is 10.0 Å². The summed E-state index contributed by atoms with van der Waals surface area (Å²) in [6.07, 6.45) is 3.99. The third kappa shape index (κ3) is 4.17. The number of halogens is 1. The van der Waals surface area contributed by atoms with Gasteiger partial charge in [0.1, 0.15) is 22.6 Å². The smallest absolute Gasteiger partial charge is 0.257 e. The first-order valence-electron chi connectivity index (χ1n) is 8.81. The van der Waals surface area contributed by atoms with Crippen molar-refractivity contribution in [3.63, 3.8) is 0 Å². The molecule has 3 rings (SSSR count). The molecule has 0 saturated carbocycles. The van der Waals surface area contributed by atoms with Gasteiger partial charge in [0.25, 0.3) is 5.88 Å². The monoisotopic (exact) mass is 410 g/mol. The van der Waals surface area contributed by atoms with Crippen LogP contribution in [-0.4, -0.2) is 63.1 Å². The van der Waals surface area contributed by atoms with Crippen molar-refractivity contribution in [2.75, 3.05) is 39.2 Å². The first-order valence-corrected chi connectivity index (χ1v) is 10.3. The fourth-order valence-corrected chi connectivity index (χ4v) is 4.75. The van der Waals surface area contributed by atoms with Crippen molar-refractivity contribution in [1.29, 1.82) is 0 Å². The van der Waals surface area contributed by atoms with Crippen LogP contribution in [0.25, 0.3) is 0 Å². The summed E-state index contributed by atoms with van der Waals surface area (Å²) in [5, 5.41) is 0. The molecule has 0 amide bonds. The van der Waals surface area contributed by atoms with E-state index in [1.165, 1.54) is 23.7 Å². The zero-order chi connectivity index (χ0) is 20.3. The first kappa shape index (κ1) is 20.3. The van der Waals surface area contributed by atoms with Gasteiger partial charge < -0.3 is 14.4 Å². The molecular formula is C18H23FN4O4S. The highest BCUT2D eigenvalue weighted by Crippen LogP contribution is 2.30. The van der Waals surface area contributed by atoms with Crippen molar-refractivity contribution < 1.29 is 22.3 Å². The molecule has 28 heavy (non-hydrogen) atoms. The fourth-order valence-electron chi connectivity index (χ4n) is 3.08. The van der Waals surface area contributed by atoms with Gasteiger partial charge >= 0.3 is 0 Å². The highest BCUT2D eigenvalue weighted by molar-refractivity contribution is 7.89. The van der Waals surface area contributed by atoms with Crippen molar-refractivity contribution >= 4 is 15.8 Å². The SMILES string of the molecule is COc1ccc(F)cc1S(=O)(=O)N1CCCC(Oc2nccnc2N(C)C)C1. The van der Waals surface area contributed by atoms with E-state index in [1.807, 2.05) is 14.1 Å². The number of hydrogen-bond acceptors (Lipinski definition) is 7. The van der Waals surface area contributed by atoms with Gasteiger partial charge in [0.15, 0.2) is 5.82 Å². The summed E-state index contributed by atoms with van der Waals surface area (Å²) < 4.78 is 52.2. The predicted octanol–water partition coefficient (Wildman–Crippen LogP) is 1.92. The van der Waals surface area contributed by atoms with E-state index >= 15 is 0 Å². The molecule has 152 valence electrons. The summed E-state index contributed by atoms with van der Waals surface area (Å²) in [5.41, 5.74) is 0. The molecule has 1 unspecified atom stereocenters. The lowest BCUT2D eigenvalue weighted by Gasteiger charge is -2.32. The van der Waals surface area contributed by atoms with Gasteiger partial charge in [-0.05, 0) is 31.0 Å². The standard InChI is InChI=1S/C18H23FN4O4S/c1-22(2)17-18(21-9-8-20-17)27-14-5-4-10-23(12-14)28(24,25)16-11-13(19)6-7-15(16)26-3/h6-9,11,14H,4-5,10,12H2,1-3H3. The molecular weight excluding hydrogens is 387 g/mol. The Hall–Kier alpha value is -2.46. The van der Waals surface area contributed by atoms with Crippen LogP contribution in [0.3, 0.4) is 0 Å². The Balaban J connectivity index is 1.83. The minimum absolute atomic E-state index is 0.105. The summed E-state index contributed by atoms with van der Waals surface area (Å²) in [6, 6.07) is 3.45. The summed E-state index contributed by atoms with van der Waals surface area (Å²) in [4.78, 5) is 10.0. The van der Waals surface area contributed by atoms with Crippen LogP contribution in [-0.2, 0) is 10.0 Å².